The summed E-state index contributed by atoms with van der Waals surface area (Å²) in [6.45, 7) is 4.30. The number of hydrogen-bond acceptors (Lipinski definition) is 1. The van der Waals surface area contributed by atoms with Gasteiger partial charge in [-0.1, -0.05) is 13.0 Å². The lowest BCUT2D eigenvalue weighted by atomic mass is 9.60. The molecule has 0 N–H and O–H groups in total. The summed E-state index contributed by atoms with van der Waals surface area (Å²) >= 11 is 2.36. The van der Waals surface area contributed by atoms with Gasteiger partial charge in [-0.3, -0.25) is 4.79 Å². The fourth-order valence-corrected chi connectivity index (χ4v) is 3.28. The van der Waals surface area contributed by atoms with E-state index in [-0.39, 0.29) is 5.41 Å². The molecule has 0 aromatic heterocycles. The van der Waals surface area contributed by atoms with Crippen LogP contribution in [0.1, 0.15) is 20.3 Å². The van der Waals surface area contributed by atoms with Gasteiger partial charge in [0, 0.05) is 11.8 Å². The predicted octanol–water partition coefficient (Wildman–Crippen LogP) is 2.55. The molecule has 60 valence electrons. The van der Waals surface area contributed by atoms with Crippen LogP contribution < -0.4 is 0 Å². The zero-order chi connectivity index (χ0) is 8.22. The Bertz CT molecular complexity index is 256. The van der Waals surface area contributed by atoms with E-state index in [9.17, 15) is 4.79 Å². The highest BCUT2D eigenvalue weighted by Gasteiger charge is 2.55. The summed E-state index contributed by atoms with van der Waals surface area (Å²) in [6, 6.07) is 0. The lowest BCUT2D eigenvalue weighted by Crippen LogP contribution is -2.45. The Balaban J connectivity index is 2.37. The first kappa shape index (κ1) is 7.77. The van der Waals surface area contributed by atoms with E-state index in [1.807, 2.05) is 0 Å². The quantitative estimate of drug-likeness (QED) is 0.613. The molecule has 2 rings (SSSR count). The number of carbonyl (C=O) groups excluding carboxylic acids is 1. The molecule has 0 radical (unpaired) electrons. The van der Waals surface area contributed by atoms with Gasteiger partial charge in [-0.15, -0.1) is 0 Å². The third-order valence-corrected chi connectivity index (χ3v) is 4.55. The van der Waals surface area contributed by atoms with Gasteiger partial charge in [-0.05, 0) is 44.9 Å². The molecule has 1 nitrogen and oxygen atoms in total. The molecule has 0 amide bonds. The van der Waals surface area contributed by atoms with Crippen molar-refractivity contribution in [2.75, 3.05) is 0 Å². The molecule has 2 unspecified atom stereocenters. The summed E-state index contributed by atoms with van der Waals surface area (Å²) < 4.78 is 1.38. The van der Waals surface area contributed by atoms with Crippen LogP contribution in [0.3, 0.4) is 0 Å². The van der Waals surface area contributed by atoms with E-state index in [0.29, 0.717) is 17.6 Å². The van der Waals surface area contributed by atoms with Crippen LogP contribution in [0.15, 0.2) is 9.66 Å². The van der Waals surface area contributed by atoms with Gasteiger partial charge in [0.25, 0.3) is 0 Å². The third-order valence-electron chi connectivity index (χ3n) is 3.25. The molecule has 2 heteroatoms. The Kier molecular flexibility index (Phi) is 1.48. The number of allylic oxidation sites excluding steroid dienone is 2. The van der Waals surface area contributed by atoms with Crippen LogP contribution in [0.25, 0.3) is 0 Å². The number of fused-ring (bicyclic) bond motifs is 1. The Labute approximate surface area is 80.4 Å². The maximum atomic E-state index is 11.3. The van der Waals surface area contributed by atoms with E-state index in [0.717, 1.165) is 6.42 Å². The van der Waals surface area contributed by atoms with Gasteiger partial charge in [0.1, 0.15) is 5.78 Å². The van der Waals surface area contributed by atoms with Gasteiger partial charge in [0.15, 0.2) is 0 Å². The average molecular weight is 262 g/mol. The van der Waals surface area contributed by atoms with Gasteiger partial charge >= 0.3 is 0 Å². The fraction of sp³-hybridized carbons (Fsp3) is 0.667. The Hall–Kier alpha value is 0.140. The summed E-state index contributed by atoms with van der Waals surface area (Å²) in [5.41, 5.74) is -0.0735. The first-order valence-corrected chi connectivity index (χ1v) is 5.05. The predicted molar refractivity (Wildman–Crippen MR) is 52.5 cm³/mol. The van der Waals surface area contributed by atoms with Crippen LogP contribution in [0.5, 0.6) is 0 Å². The van der Waals surface area contributed by atoms with Crippen LogP contribution in [-0.4, -0.2) is 5.78 Å². The highest BCUT2D eigenvalue weighted by Crippen LogP contribution is 2.57. The molecular formula is C9H11IO. The van der Waals surface area contributed by atoms with Crippen molar-refractivity contribution in [3.05, 3.63) is 9.66 Å². The topological polar surface area (TPSA) is 17.1 Å². The minimum atomic E-state index is -0.0735. The molecule has 0 aliphatic heterocycles. The fourth-order valence-electron chi connectivity index (χ4n) is 2.20. The summed E-state index contributed by atoms with van der Waals surface area (Å²) in [6.07, 6.45) is 2.97. The number of ketones is 1. The van der Waals surface area contributed by atoms with Crippen molar-refractivity contribution in [2.45, 2.75) is 20.3 Å². The SMILES string of the molecule is CC1C(I)=C[C@@]2(C)C(=O)CC12. The second-order valence-corrected chi connectivity index (χ2v) is 5.08. The summed E-state index contributed by atoms with van der Waals surface area (Å²) in [4.78, 5) is 11.3. The molecule has 0 spiro atoms. The smallest absolute Gasteiger partial charge is 0.143 e. The summed E-state index contributed by atoms with van der Waals surface area (Å²) in [5.74, 6) is 1.67. The maximum absolute atomic E-state index is 11.3. The van der Waals surface area contributed by atoms with Crippen molar-refractivity contribution in [2.24, 2.45) is 17.3 Å². The Morgan fingerprint density at radius 3 is 2.73 bits per heavy atom. The highest BCUT2D eigenvalue weighted by molar-refractivity contribution is 14.1. The van der Waals surface area contributed by atoms with Crippen LogP contribution in [-0.2, 0) is 4.79 Å². The van der Waals surface area contributed by atoms with Crippen molar-refractivity contribution in [1.29, 1.82) is 0 Å². The standard InChI is InChI=1S/C9H11IO/c1-5-6-3-8(11)9(6,2)4-7(5)10/h4-6H,3H2,1-2H3/t5?,6?,9-/m1/s1. The monoisotopic (exact) mass is 262 g/mol. The first-order valence-electron chi connectivity index (χ1n) is 3.97. The van der Waals surface area contributed by atoms with Crippen LogP contribution in [0, 0.1) is 17.3 Å². The van der Waals surface area contributed by atoms with E-state index >= 15 is 0 Å². The zero-order valence-corrected chi connectivity index (χ0v) is 8.88. The maximum Gasteiger partial charge on any atom is 0.143 e. The molecule has 2 aliphatic carbocycles. The van der Waals surface area contributed by atoms with Crippen molar-refractivity contribution >= 4 is 28.4 Å². The molecule has 11 heavy (non-hydrogen) atoms. The van der Waals surface area contributed by atoms with E-state index in [2.05, 4.69) is 42.5 Å². The Morgan fingerprint density at radius 2 is 2.36 bits per heavy atom. The van der Waals surface area contributed by atoms with Crippen molar-refractivity contribution < 1.29 is 4.79 Å². The number of halogens is 1. The molecule has 0 heterocycles. The molecule has 0 bridgehead atoms. The average Bonchev–Trinajstić information content (AvgIpc) is 2.12. The van der Waals surface area contributed by atoms with Gasteiger partial charge in [-0.2, -0.15) is 0 Å². The normalized spacial score (nSPS) is 48.3. The Morgan fingerprint density at radius 1 is 1.73 bits per heavy atom. The van der Waals surface area contributed by atoms with Gasteiger partial charge in [-0.25, -0.2) is 0 Å². The van der Waals surface area contributed by atoms with E-state index < -0.39 is 0 Å². The van der Waals surface area contributed by atoms with Crippen molar-refractivity contribution in [3.8, 4) is 0 Å². The molecule has 0 saturated heterocycles. The highest BCUT2D eigenvalue weighted by atomic mass is 127. The molecular weight excluding hydrogens is 251 g/mol. The molecule has 1 saturated carbocycles. The largest absolute Gasteiger partial charge is 0.299 e. The molecule has 3 atom stereocenters. The lowest BCUT2D eigenvalue weighted by Gasteiger charge is -2.41. The van der Waals surface area contributed by atoms with E-state index in [1.54, 1.807) is 0 Å². The molecule has 1 fully saturated rings. The van der Waals surface area contributed by atoms with E-state index in [4.69, 9.17) is 0 Å². The lowest BCUT2D eigenvalue weighted by molar-refractivity contribution is -0.140. The second kappa shape index (κ2) is 2.09. The molecule has 2 aliphatic rings. The molecule has 0 aromatic carbocycles. The van der Waals surface area contributed by atoms with Crippen molar-refractivity contribution in [1.82, 2.24) is 0 Å². The van der Waals surface area contributed by atoms with Crippen LogP contribution >= 0.6 is 22.6 Å². The number of Topliss-reactive ketones (excluding diaryl/α,β-unsaturated/α-hetero) is 1. The summed E-state index contributed by atoms with van der Waals surface area (Å²) in [7, 11) is 0. The second-order valence-electron chi connectivity index (χ2n) is 3.83. The first-order chi connectivity index (χ1) is 5.05. The number of rotatable bonds is 0. The number of carbonyl (C=O) groups is 1. The molecule has 0 aromatic rings. The van der Waals surface area contributed by atoms with Gasteiger partial charge < -0.3 is 0 Å². The van der Waals surface area contributed by atoms with Gasteiger partial charge in [0.05, 0.1) is 0 Å². The summed E-state index contributed by atoms with van der Waals surface area (Å²) in [5, 5.41) is 0. The van der Waals surface area contributed by atoms with Gasteiger partial charge in [0.2, 0.25) is 0 Å². The van der Waals surface area contributed by atoms with E-state index in [1.165, 1.54) is 3.58 Å². The third kappa shape index (κ3) is 0.791. The zero-order valence-electron chi connectivity index (χ0n) is 6.73. The minimum Gasteiger partial charge on any atom is -0.299 e. The minimum absolute atomic E-state index is 0.0735. The van der Waals surface area contributed by atoms with Crippen LogP contribution in [0.4, 0.5) is 0 Å². The van der Waals surface area contributed by atoms with Crippen molar-refractivity contribution in [3.63, 3.8) is 0 Å². The van der Waals surface area contributed by atoms with Crippen LogP contribution in [0.2, 0.25) is 0 Å². The number of hydrogen-bond donors (Lipinski definition) is 0.